The number of amidine groups is 1. The van der Waals surface area contributed by atoms with Crippen LogP contribution in [0.3, 0.4) is 0 Å². The summed E-state index contributed by atoms with van der Waals surface area (Å²) in [6.07, 6.45) is 0. The first-order chi connectivity index (χ1) is 19.0. The summed E-state index contributed by atoms with van der Waals surface area (Å²) in [6.45, 7) is 3.32. The van der Waals surface area contributed by atoms with E-state index in [0.29, 0.717) is 34.9 Å². The molecule has 4 aromatic rings. The van der Waals surface area contributed by atoms with Crippen LogP contribution in [0.1, 0.15) is 34.0 Å². The van der Waals surface area contributed by atoms with Crippen molar-refractivity contribution < 1.29 is 14.3 Å². The van der Waals surface area contributed by atoms with Gasteiger partial charge in [-0.3, -0.25) is 4.79 Å². The largest absolute Gasteiger partial charge is 0.497 e. The summed E-state index contributed by atoms with van der Waals surface area (Å²) in [6, 6.07) is 30.5. The normalized spacial score (nSPS) is 11.2. The van der Waals surface area contributed by atoms with Gasteiger partial charge in [0.2, 0.25) is 0 Å². The number of ketones is 1. The van der Waals surface area contributed by atoms with E-state index in [9.17, 15) is 4.79 Å². The third-order valence-electron chi connectivity index (χ3n) is 6.07. The second-order valence-corrected chi connectivity index (χ2v) is 10.4. The molecule has 4 rings (SSSR count). The van der Waals surface area contributed by atoms with Crippen LogP contribution in [0.15, 0.2) is 102 Å². The molecule has 200 valence electrons. The van der Waals surface area contributed by atoms with Gasteiger partial charge in [0.25, 0.3) is 0 Å². The maximum atomic E-state index is 13.4. The number of halogens is 1. The predicted molar refractivity (Wildman–Crippen MR) is 162 cm³/mol. The van der Waals surface area contributed by atoms with Crippen LogP contribution in [0.25, 0.3) is 0 Å². The van der Waals surface area contributed by atoms with Crippen LogP contribution in [0.5, 0.6) is 11.5 Å². The molecule has 0 N–H and O–H groups in total. The van der Waals surface area contributed by atoms with Crippen molar-refractivity contribution in [2.24, 2.45) is 4.99 Å². The fourth-order valence-corrected chi connectivity index (χ4v) is 4.95. The molecule has 4 aromatic carbocycles. The molecule has 7 heteroatoms. The fourth-order valence-electron chi connectivity index (χ4n) is 4.05. The minimum atomic E-state index is -0.0938. The SMILES string of the molecule is CCSC(=Nc1cc(Cl)ccc1C(=O)c1ccccc1)N(Cc1ccc(OC)cc1)Cc1ccc(OC)cc1. The lowest BCUT2D eigenvalue weighted by molar-refractivity contribution is 0.103. The van der Waals surface area contributed by atoms with Crippen LogP contribution in [-0.4, -0.2) is 35.8 Å². The van der Waals surface area contributed by atoms with Gasteiger partial charge in [-0.2, -0.15) is 0 Å². The summed E-state index contributed by atoms with van der Waals surface area (Å²) in [4.78, 5) is 20.7. The van der Waals surface area contributed by atoms with E-state index in [-0.39, 0.29) is 5.78 Å². The van der Waals surface area contributed by atoms with Crippen LogP contribution < -0.4 is 9.47 Å². The Kier molecular flexibility index (Phi) is 10.1. The zero-order chi connectivity index (χ0) is 27.6. The zero-order valence-electron chi connectivity index (χ0n) is 22.3. The minimum Gasteiger partial charge on any atom is -0.497 e. The number of methoxy groups -OCH3 is 2. The van der Waals surface area contributed by atoms with Crippen molar-refractivity contribution in [1.82, 2.24) is 4.90 Å². The monoisotopic (exact) mass is 558 g/mol. The molecule has 0 bridgehead atoms. The van der Waals surface area contributed by atoms with Gasteiger partial charge in [-0.1, -0.05) is 84.9 Å². The molecule has 0 atom stereocenters. The van der Waals surface area contributed by atoms with E-state index < -0.39 is 0 Å². The average Bonchev–Trinajstić information content (AvgIpc) is 2.97. The Morgan fingerprint density at radius 2 is 1.38 bits per heavy atom. The topological polar surface area (TPSA) is 51.1 Å². The van der Waals surface area contributed by atoms with Crippen molar-refractivity contribution >= 4 is 40.0 Å². The Labute approximate surface area is 239 Å². The number of thioether (sulfide) groups is 1. The van der Waals surface area contributed by atoms with Gasteiger partial charge >= 0.3 is 0 Å². The predicted octanol–water partition coefficient (Wildman–Crippen LogP) is 8.03. The first kappa shape index (κ1) is 28.3. The molecule has 0 fully saturated rings. The molecular formula is C32H31ClN2O3S. The molecule has 0 saturated heterocycles. The molecule has 0 aliphatic heterocycles. The molecule has 0 aliphatic rings. The maximum absolute atomic E-state index is 13.4. The third kappa shape index (κ3) is 7.65. The number of benzene rings is 4. The van der Waals surface area contributed by atoms with Crippen molar-refractivity contribution in [1.29, 1.82) is 0 Å². The quantitative estimate of drug-likeness (QED) is 0.112. The van der Waals surface area contributed by atoms with Crippen LogP contribution >= 0.6 is 23.4 Å². The van der Waals surface area contributed by atoms with E-state index in [1.165, 1.54) is 0 Å². The molecule has 0 amide bonds. The molecule has 0 spiro atoms. The van der Waals surface area contributed by atoms with E-state index in [4.69, 9.17) is 26.1 Å². The number of hydrogen-bond acceptors (Lipinski definition) is 5. The highest BCUT2D eigenvalue weighted by Crippen LogP contribution is 2.29. The lowest BCUT2D eigenvalue weighted by Gasteiger charge is -2.26. The molecule has 0 radical (unpaired) electrons. The standard InChI is InChI=1S/C32H31ClN2O3S/c1-4-39-32(34-30-20-26(33)14-19-29(30)31(36)25-8-6-5-7-9-25)35(21-23-10-15-27(37-2)16-11-23)22-24-12-17-28(38-3)18-13-24/h5-20H,4,21-22H2,1-3H3. The summed E-state index contributed by atoms with van der Waals surface area (Å²) >= 11 is 8.03. The lowest BCUT2D eigenvalue weighted by atomic mass is 10.0. The van der Waals surface area contributed by atoms with Crippen molar-refractivity contribution in [2.45, 2.75) is 20.0 Å². The Bertz CT molecular complexity index is 1360. The highest BCUT2D eigenvalue weighted by molar-refractivity contribution is 8.13. The molecule has 0 aromatic heterocycles. The van der Waals surface area contributed by atoms with Gasteiger partial charge in [0.1, 0.15) is 11.5 Å². The van der Waals surface area contributed by atoms with Gasteiger partial charge in [0, 0.05) is 29.2 Å². The molecule has 5 nitrogen and oxygen atoms in total. The number of carbonyl (C=O) groups is 1. The molecule has 0 unspecified atom stereocenters. The van der Waals surface area contributed by atoms with Gasteiger partial charge in [-0.15, -0.1) is 0 Å². The van der Waals surface area contributed by atoms with Crippen LogP contribution in [0.2, 0.25) is 5.02 Å². The zero-order valence-corrected chi connectivity index (χ0v) is 23.8. The molecule has 39 heavy (non-hydrogen) atoms. The molecule has 0 heterocycles. The summed E-state index contributed by atoms with van der Waals surface area (Å²) in [7, 11) is 3.32. The van der Waals surface area contributed by atoms with Crippen LogP contribution in [0.4, 0.5) is 5.69 Å². The van der Waals surface area contributed by atoms with Gasteiger partial charge in [-0.05, 0) is 59.3 Å². The third-order valence-corrected chi connectivity index (χ3v) is 7.20. The Morgan fingerprint density at radius 3 is 1.90 bits per heavy atom. The minimum absolute atomic E-state index is 0.0938. The first-order valence-corrected chi connectivity index (χ1v) is 14.0. The average molecular weight is 559 g/mol. The van der Waals surface area contributed by atoms with E-state index in [1.54, 1.807) is 44.2 Å². The Balaban J connectivity index is 1.76. The number of ether oxygens (including phenoxy) is 2. The van der Waals surface area contributed by atoms with Gasteiger partial charge in [-0.25, -0.2) is 4.99 Å². The highest BCUT2D eigenvalue weighted by Gasteiger charge is 2.18. The van der Waals surface area contributed by atoms with Crippen LogP contribution in [0, 0.1) is 0 Å². The number of hydrogen-bond donors (Lipinski definition) is 0. The second-order valence-electron chi connectivity index (χ2n) is 8.74. The summed E-state index contributed by atoms with van der Waals surface area (Å²) in [5.74, 6) is 2.33. The van der Waals surface area contributed by atoms with Gasteiger partial charge < -0.3 is 14.4 Å². The smallest absolute Gasteiger partial charge is 0.195 e. The van der Waals surface area contributed by atoms with Crippen molar-refractivity contribution in [2.75, 3.05) is 20.0 Å². The highest BCUT2D eigenvalue weighted by atomic mass is 35.5. The lowest BCUT2D eigenvalue weighted by Crippen LogP contribution is -2.28. The van der Waals surface area contributed by atoms with E-state index >= 15 is 0 Å². The number of nitrogens with zero attached hydrogens (tertiary/aromatic N) is 2. The Hall–Kier alpha value is -3.74. The van der Waals surface area contributed by atoms with Crippen LogP contribution in [-0.2, 0) is 13.1 Å². The van der Waals surface area contributed by atoms with Gasteiger partial charge in [0.15, 0.2) is 11.0 Å². The molecule has 0 aliphatic carbocycles. The Morgan fingerprint density at radius 1 is 0.821 bits per heavy atom. The molecule has 0 saturated carbocycles. The summed E-state index contributed by atoms with van der Waals surface area (Å²) < 4.78 is 10.7. The number of rotatable bonds is 10. The maximum Gasteiger partial charge on any atom is 0.195 e. The molecular weight excluding hydrogens is 528 g/mol. The van der Waals surface area contributed by atoms with Crippen molar-refractivity contribution in [3.05, 3.63) is 124 Å². The number of carbonyl (C=O) groups excluding carboxylic acids is 1. The summed E-state index contributed by atoms with van der Waals surface area (Å²) in [5.41, 5.74) is 3.88. The second kappa shape index (κ2) is 13.9. The van der Waals surface area contributed by atoms with Gasteiger partial charge in [0.05, 0.1) is 19.9 Å². The number of aliphatic imine (C=N–C) groups is 1. The van der Waals surface area contributed by atoms with Crippen molar-refractivity contribution in [3.8, 4) is 11.5 Å². The van der Waals surface area contributed by atoms with E-state index in [1.807, 2.05) is 54.6 Å². The van der Waals surface area contributed by atoms with E-state index in [0.717, 1.165) is 33.5 Å². The van der Waals surface area contributed by atoms with E-state index in [2.05, 4.69) is 36.1 Å². The first-order valence-electron chi connectivity index (χ1n) is 12.6. The van der Waals surface area contributed by atoms with Crippen molar-refractivity contribution in [3.63, 3.8) is 0 Å². The summed E-state index contributed by atoms with van der Waals surface area (Å²) in [5, 5.41) is 1.32. The fraction of sp³-hybridized carbons (Fsp3) is 0.188.